The molecule has 0 radical (unpaired) electrons. The first-order chi connectivity index (χ1) is 6.97. The minimum Gasteiger partial charge on any atom is -0.337 e. The first-order valence-corrected chi connectivity index (χ1v) is 5.08. The molecule has 1 unspecified atom stereocenters. The van der Waals surface area contributed by atoms with Crippen LogP contribution in [0.25, 0.3) is 0 Å². The van der Waals surface area contributed by atoms with Crippen LogP contribution in [-0.4, -0.2) is 43.0 Å². The van der Waals surface area contributed by atoms with E-state index < -0.39 is 24.4 Å². The molecule has 6 heteroatoms. The third-order valence-corrected chi connectivity index (χ3v) is 2.66. The van der Waals surface area contributed by atoms with Crippen LogP contribution in [-0.2, 0) is 0 Å². The van der Waals surface area contributed by atoms with Crippen LogP contribution in [0.5, 0.6) is 0 Å². The Morgan fingerprint density at radius 1 is 1.67 bits per heavy atom. The number of likely N-dealkylation sites (tertiary alicyclic amines) is 1. The highest BCUT2D eigenvalue weighted by atomic mass is 19.3. The SMILES string of the molecule is CC1CCN(C(=O)NCCN)CC1(F)F. The number of amides is 2. The number of rotatable bonds is 2. The van der Waals surface area contributed by atoms with Crippen molar-refractivity contribution in [3.8, 4) is 0 Å². The van der Waals surface area contributed by atoms with Gasteiger partial charge in [0.25, 0.3) is 5.92 Å². The molecule has 88 valence electrons. The summed E-state index contributed by atoms with van der Waals surface area (Å²) in [5, 5.41) is 2.48. The number of nitrogens with one attached hydrogen (secondary N) is 1. The molecule has 1 aliphatic heterocycles. The van der Waals surface area contributed by atoms with Crippen LogP contribution in [0.15, 0.2) is 0 Å². The monoisotopic (exact) mass is 221 g/mol. The van der Waals surface area contributed by atoms with E-state index in [0.29, 0.717) is 26.1 Å². The standard InChI is InChI=1S/C9H17F2N3O/c1-7-2-5-14(6-9(7,10)11)8(15)13-4-3-12/h7H,2-6,12H2,1H3,(H,13,15). The van der Waals surface area contributed by atoms with E-state index in [2.05, 4.69) is 5.32 Å². The highest BCUT2D eigenvalue weighted by Crippen LogP contribution is 2.32. The molecule has 0 aliphatic carbocycles. The molecular formula is C9H17F2N3O. The van der Waals surface area contributed by atoms with Gasteiger partial charge in [0.15, 0.2) is 0 Å². The summed E-state index contributed by atoms with van der Waals surface area (Å²) in [6.45, 7) is 2.02. The van der Waals surface area contributed by atoms with Gasteiger partial charge in [-0.1, -0.05) is 6.92 Å². The molecule has 0 aromatic heterocycles. The number of halogens is 2. The van der Waals surface area contributed by atoms with Gasteiger partial charge in [-0.15, -0.1) is 0 Å². The summed E-state index contributed by atoms with van der Waals surface area (Å²) in [6, 6.07) is -0.452. The molecule has 1 rings (SSSR count). The summed E-state index contributed by atoms with van der Waals surface area (Å²) in [7, 11) is 0. The van der Waals surface area contributed by atoms with Crippen molar-refractivity contribution in [2.75, 3.05) is 26.2 Å². The van der Waals surface area contributed by atoms with Crippen LogP contribution < -0.4 is 11.1 Å². The fourth-order valence-corrected chi connectivity index (χ4v) is 1.51. The highest BCUT2D eigenvalue weighted by Gasteiger charge is 2.43. The van der Waals surface area contributed by atoms with Crippen molar-refractivity contribution in [2.45, 2.75) is 19.3 Å². The maximum Gasteiger partial charge on any atom is 0.317 e. The fraction of sp³-hybridized carbons (Fsp3) is 0.889. The molecule has 0 bridgehead atoms. The van der Waals surface area contributed by atoms with E-state index in [4.69, 9.17) is 5.73 Å². The van der Waals surface area contributed by atoms with Gasteiger partial charge in [0.2, 0.25) is 0 Å². The number of carbonyl (C=O) groups is 1. The van der Waals surface area contributed by atoms with E-state index in [1.54, 1.807) is 0 Å². The number of nitrogens with two attached hydrogens (primary N) is 1. The van der Waals surface area contributed by atoms with Gasteiger partial charge in [-0.25, -0.2) is 13.6 Å². The van der Waals surface area contributed by atoms with Crippen molar-refractivity contribution in [2.24, 2.45) is 11.7 Å². The molecular weight excluding hydrogens is 204 g/mol. The number of nitrogens with zero attached hydrogens (tertiary/aromatic N) is 1. The Balaban J connectivity index is 2.48. The number of carbonyl (C=O) groups excluding carboxylic acids is 1. The lowest BCUT2D eigenvalue weighted by Crippen LogP contribution is -2.53. The predicted molar refractivity (Wildman–Crippen MR) is 52.8 cm³/mol. The van der Waals surface area contributed by atoms with E-state index in [-0.39, 0.29) is 0 Å². The molecule has 0 saturated carbocycles. The summed E-state index contributed by atoms with van der Waals surface area (Å²) >= 11 is 0. The Bertz CT molecular complexity index is 235. The van der Waals surface area contributed by atoms with Crippen LogP contribution in [0, 0.1) is 5.92 Å². The van der Waals surface area contributed by atoms with Gasteiger partial charge in [0.05, 0.1) is 6.54 Å². The third-order valence-electron chi connectivity index (χ3n) is 2.66. The zero-order chi connectivity index (χ0) is 11.5. The summed E-state index contributed by atoms with van der Waals surface area (Å²) < 4.78 is 26.6. The average molecular weight is 221 g/mol. The normalized spacial score (nSPS) is 25.1. The Kier molecular flexibility index (Phi) is 3.84. The minimum absolute atomic E-state index is 0.312. The Labute approximate surface area is 87.8 Å². The van der Waals surface area contributed by atoms with Gasteiger partial charge in [-0.3, -0.25) is 0 Å². The molecule has 4 nitrogen and oxygen atoms in total. The Hall–Kier alpha value is -0.910. The lowest BCUT2D eigenvalue weighted by atomic mass is 9.95. The molecule has 1 heterocycles. The number of piperidine rings is 1. The number of alkyl halides is 2. The van der Waals surface area contributed by atoms with Gasteiger partial charge in [-0.05, 0) is 6.42 Å². The molecule has 2 amide bonds. The maximum atomic E-state index is 13.3. The van der Waals surface area contributed by atoms with Crippen molar-refractivity contribution >= 4 is 6.03 Å². The lowest BCUT2D eigenvalue weighted by Gasteiger charge is -2.36. The maximum absolute atomic E-state index is 13.3. The quantitative estimate of drug-likeness (QED) is 0.718. The second-order valence-corrected chi connectivity index (χ2v) is 3.89. The van der Waals surface area contributed by atoms with E-state index in [1.807, 2.05) is 0 Å². The predicted octanol–water partition coefficient (Wildman–Crippen LogP) is 0.632. The Morgan fingerprint density at radius 2 is 2.33 bits per heavy atom. The molecule has 3 N–H and O–H groups in total. The first-order valence-electron chi connectivity index (χ1n) is 5.08. The van der Waals surface area contributed by atoms with Gasteiger partial charge in [-0.2, -0.15) is 0 Å². The summed E-state index contributed by atoms with van der Waals surface area (Å²) in [5.41, 5.74) is 5.20. The van der Waals surface area contributed by atoms with Crippen LogP contribution in [0.4, 0.5) is 13.6 Å². The zero-order valence-corrected chi connectivity index (χ0v) is 8.80. The van der Waals surface area contributed by atoms with Crippen LogP contribution in [0.1, 0.15) is 13.3 Å². The van der Waals surface area contributed by atoms with Crippen LogP contribution in [0.3, 0.4) is 0 Å². The van der Waals surface area contributed by atoms with Crippen molar-refractivity contribution in [1.29, 1.82) is 0 Å². The molecule has 1 aliphatic rings. The molecule has 1 atom stereocenters. The van der Waals surface area contributed by atoms with Gasteiger partial charge >= 0.3 is 6.03 Å². The van der Waals surface area contributed by atoms with Gasteiger partial charge in [0.1, 0.15) is 0 Å². The summed E-state index contributed by atoms with van der Waals surface area (Å²) in [6.07, 6.45) is 0.336. The van der Waals surface area contributed by atoms with Crippen molar-refractivity contribution in [1.82, 2.24) is 10.2 Å². The number of hydrogen-bond donors (Lipinski definition) is 2. The van der Waals surface area contributed by atoms with Crippen molar-refractivity contribution < 1.29 is 13.6 Å². The first kappa shape index (κ1) is 12.2. The van der Waals surface area contributed by atoms with E-state index in [1.165, 1.54) is 6.92 Å². The molecule has 0 aromatic carbocycles. The van der Waals surface area contributed by atoms with Gasteiger partial charge in [0, 0.05) is 25.6 Å². The summed E-state index contributed by atoms with van der Waals surface area (Å²) in [5.74, 6) is -3.44. The molecule has 1 saturated heterocycles. The van der Waals surface area contributed by atoms with Gasteiger partial charge < -0.3 is 16.0 Å². The highest BCUT2D eigenvalue weighted by molar-refractivity contribution is 5.74. The number of urea groups is 1. The smallest absolute Gasteiger partial charge is 0.317 e. The fourth-order valence-electron chi connectivity index (χ4n) is 1.51. The van der Waals surface area contributed by atoms with Crippen LogP contribution >= 0.6 is 0 Å². The molecule has 0 spiro atoms. The average Bonchev–Trinajstić information content (AvgIpc) is 2.18. The van der Waals surface area contributed by atoms with Crippen molar-refractivity contribution in [3.63, 3.8) is 0 Å². The van der Waals surface area contributed by atoms with E-state index >= 15 is 0 Å². The molecule has 1 fully saturated rings. The summed E-state index contributed by atoms with van der Waals surface area (Å²) in [4.78, 5) is 12.5. The largest absolute Gasteiger partial charge is 0.337 e. The zero-order valence-electron chi connectivity index (χ0n) is 8.80. The van der Waals surface area contributed by atoms with Crippen molar-refractivity contribution in [3.05, 3.63) is 0 Å². The second-order valence-electron chi connectivity index (χ2n) is 3.89. The topological polar surface area (TPSA) is 58.4 Å². The van der Waals surface area contributed by atoms with Crippen LogP contribution in [0.2, 0.25) is 0 Å². The molecule has 0 aromatic rings. The van der Waals surface area contributed by atoms with E-state index in [0.717, 1.165) is 4.90 Å². The minimum atomic E-state index is -2.78. The lowest BCUT2D eigenvalue weighted by molar-refractivity contribution is -0.0937. The Morgan fingerprint density at radius 3 is 2.87 bits per heavy atom. The second kappa shape index (κ2) is 4.74. The third kappa shape index (κ3) is 3.02. The van der Waals surface area contributed by atoms with E-state index in [9.17, 15) is 13.6 Å². The molecule has 15 heavy (non-hydrogen) atoms. The number of hydrogen-bond acceptors (Lipinski definition) is 2.